The molecule has 1 saturated carbocycles. The minimum atomic E-state index is -0.387. The number of nitrogens with zero attached hydrogens (tertiary/aromatic N) is 3. The number of carbonyl (C=O) groups excluding carboxylic acids is 2. The second-order valence-electron chi connectivity index (χ2n) is 5.85. The lowest BCUT2D eigenvalue weighted by Gasteiger charge is -2.40. The molecular weight excluding hydrogens is 296 g/mol. The number of fused-ring (bicyclic) bond motifs is 1. The molecule has 0 radical (unpaired) electrons. The second kappa shape index (κ2) is 5.53. The Morgan fingerprint density at radius 3 is 2.74 bits per heavy atom. The van der Waals surface area contributed by atoms with Crippen LogP contribution in [0.25, 0.3) is 0 Å². The first-order chi connectivity index (χ1) is 11.0. The van der Waals surface area contributed by atoms with Crippen LogP contribution in [-0.2, 0) is 4.79 Å². The van der Waals surface area contributed by atoms with E-state index in [1.54, 1.807) is 6.07 Å². The number of likely N-dealkylation sites (N-methyl/N-ethyl adjacent to an activating group) is 1. The van der Waals surface area contributed by atoms with Gasteiger partial charge in [-0.05, 0) is 25.8 Å². The highest BCUT2D eigenvalue weighted by molar-refractivity contribution is 6.22. The molecule has 124 valence electrons. The van der Waals surface area contributed by atoms with Gasteiger partial charge in [-0.2, -0.15) is 0 Å². The maximum Gasteiger partial charge on any atom is 0.327 e. The van der Waals surface area contributed by atoms with Crippen molar-refractivity contribution in [1.29, 1.82) is 5.41 Å². The van der Waals surface area contributed by atoms with Crippen LogP contribution >= 0.6 is 0 Å². The highest BCUT2D eigenvalue weighted by Crippen LogP contribution is 2.40. The van der Waals surface area contributed by atoms with E-state index in [0.29, 0.717) is 17.2 Å². The van der Waals surface area contributed by atoms with Crippen LogP contribution in [0, 0.1) is 11.3 Å². The minimum Gasteiger partial charge on any atom is -0.360 e. The van der Waals surface area contributed by atoms with Crippen LogP contribution in [0.3, 0.4) is 0 Å². The Kier molecular flexibility index (Phi) is 3.67. The Balaban J connectivity index is 0.00000208. The van der Waals surface area contributed by atoms with Crippen molar-refractivity contribution in [2.24, 2.45) is 5.92 Å². The molecule has 8 heteroatoms. The van der Waals surface area contributed by atoms with E-state index in [0.717, 1.165) is 12.8 Å². The predicted molar refractivity (Wildman–Crippen MR) is 90.2 cm³/mol. The number of pyridine rings is 1. The summed E-state index contributed by atoms with van der Waals surface area (Å²) in [6.07, 6.45) is 3.35. The predicted octanol–water partition coefficient (Wildman–Crippen LogP) is 1.64. The summed E-state index contributed by atoms with van der Waals surface area (Å²) in [6, 6.07) is 0.969. The zero-order valence-corrected chi connectivity index (χ0v) is 13.4. The summed E-state index contributed by atoms with van der Waals surface area (Å²) in [5.74, 6) is 0.617. The SMILES string of the molecule is CNC(=O)N1C(=N)[C@H](C)N(C)c2c1ccnc2NC(=O)C1CC1.[HH]. The number of hydrogen-bond donors (Lipinski definition) is 3. The molecule has 0 spiro atoms. The Hall–Kier alpha value is -2.64. The van der Waals surface area contributed by atoms with Crippen molar-refractivity contribution in [2.75, 3.05) is 29.2 Å². The lowest BCUT2D eigenvalue weighted by Crippen LogP contribution is -2.55. The van der Waals surface area contributed by atoms with E-state index in [1.165, 1.54) is 18.1 Å². The fourth-order valence-corrected chi connectivity index (χ4v) is 2.65. The number of nitrogens with one attached hydrogen (secondary N) is 3. The number of carbonyl (C=O) groups is 2. The molecule has 1 atom stereocenters. The summed E-state index contributed by atoms with van der Waals surface area (Å²) in [5.41, 5.74) is 1.18. The summed E-state index contributed by atoms with van der Waals surface area (Å²) < 4.78 is 0. The number of aromatic nitrogens is 1. The fraction of sp³-hybridized carbons (Fsp3) is 0.467. The summed E-state index contributed by atoms with van der Waals surface area (Å²) >= 11 is 0. The molecule has 2 heterocycles. The number of amidine groups is 1. The highest BCUT2D eigenvalue weighted by atomic mass is 16.2. The number of urea groups is 1. The van der Waals surface area contributed by atoms with Gasteiger partial charge in [-0.15, -0.1) is 0 Å². The number of amides is 3. The van der Waals surface area contributed by atoms with Gasteiger partial charge >= 0.3 is 6.03 Å². The molecule has 0 aromatic carbocycles. The molecule has 8 nitrogen and oxygen atoms in total. The lowest BCUT2D eigenvalue weighted by atomic mass is 10.1. The zero-order chi connectivity index (χ0) is 16.7. The van der Waals surface area contributed by atoms with Crippen LogP contribution in [0.5, 0.6) is 0 Å². The average molecular weight is 318 g/mol. The van der Waals surface area contributed by atoms with Gasteiger partial charge in [-0.3, -0.25) is 10.2 Å². The molecule has 1 aliphatic heterocycles. The van der Waals surface area contributed by atoms with Gasteiger partial charge in [-0.1, -0.05) is 0 Å². The van der Waals surface area contributed by atoms with Crippen LogP contribution in [0.1, 0.15) is 21.2 Å². The van der Waals surface area contributed by atoms with Gasteiger partial charge in [0.1, 0.15) is 11.5 Å². The topological polar surface area (TPSA) is 101 Å². The van der Waals surface area contributed by atoms with E-state index in [4.69, 9.17) is 5.41 Å². The van der Waals surface area contributed by atoms with Gasteiger partial charge in [0.2, 0.25) is 5.91 Å². The molecule has 1 aromatic heterocycles. The number of anilines is 3. The molecule has 3 N–H and O–H groups in total. The Morgan fingerprint density at radius 1 is 1.43 bits per heavy atom. The van der Waals surface area contributed by atoms with Crippen LogP contribution in [0.15, 0.2) is 12.3 Å². The molecule has 0 unspecified atom stereocenters. The normalized spacial score (nSPS) is 20.1. The van der Waals surface area contributed by atoms with E-state index in [1.807, 2.05) is 18.9 Å². The Labute approximate surface area is 135 Å². The van der Waals surface area contributed by atoms with E-state index < -0.39 is 0 Å². The molecule has 1 aliphatic carbocycles. The van der Waals surface area contributed by atoms with Gasteiger partial charge in [0.05, 0.1) is 11.7 Å². The summed E-state index contributed by atoms with van der Waals surface area (Å²) in [5, 5.41) is 13.7. The van der Waals surface area contributed by atoms with Gasteiger partial charge in [0.15, 0.2) is 5.82 Å². The highest BCUT2D eigenvalue weighted by Gasteiger charge is 2.37. The minimum absolute atomic E-state index is 0. The first-order valence-corrected chi connectivity index (χ1v) is 7.58. The molecule has 0 bridgehead atoms. The smallest absolute Gasteiger partial charge is 0.327 e. The lowest BCUT2D eigenvalue weighted by molar-refractivity contribution is -0.117. The molecule has 1 aromatic rings. The average Bonchev–Trinajstić information content (AvgIpc) is 3.37. The van der Waals surface area contributed by atoms with Gasteiger partial charge in [0, 0.05) is 27.6 Å². The summed E-state index contributed by atoms with van der Waals surface area (Å²) in [4.78, 5) is 31.7. The zero-order valence-electron chi connectivity index (χ0n) is 13.4. The third-order valence-electron chi connectivity index (χ3n) is 4.32. The summed E-state index contributed by atoms with van der Waals surface area (Å²) in [7, 11) is 3.35. The van der Waals surface area contributed by atoms with Crippen molar-refractivity contribution in [2.45, 2.75) is 25.8 Å². The Bertz CT molecular complexity index is 691. The molecular formula is C15H22N6O2. The van der Waals surface area contributed by atoms with Crippen molar-refractivity contribution in [3.8, 4) is 0 Å². The van der Waals surface area contributed by atoms with E-state index >= 15 is 0 Å². The first-order valence-electron chi connectivity index (χ1n) is 7.58. The van der Waals surface area contributed by atoms with Crippen LogP contribution in [0.2, 0.25) is 0 Å². The number of hydrogen-bond acceptors (Lipinski definition) is 5. The maximum absolute atomic E-state index is 12.2. The maximum atomic E-state index is 12.2. The molecule has 0 saturated heterocycles. The summed E-state index contributed by atoms with van der Waals surface area (Å²) in [6.45, 7) is 1.83. The largest absolute Gasteiger partial charge is 0.360 e. The van der Waals surface area contributed by atoms with Gasteiger partial charge < -0.3 is 15.5 Å². The standard InChI is InChI=1S/C15H20N6O2.H2/c1-8-12(16)21(15(23)17-2)10-6-7-18-13(11(10)20(8)3)19-14(22)9-4-5-9;/h6-9,16H,4-5H2,1-3H3,(H,17,23)(H,18,19,22);1H/t8-;/m0./s1. The van der Waals surface area contributed by atoms with Crippen molar-refractivity contribution >= 4 is 35.0 Å². The van der Waals surface area contributed by atoms with Crippen LogP contribution < -0.4 is 20.4 Å². The van der Waals surface area contributed by atoms with Crippen LogP contribution in [0.4, 0.5) is 22.0 Å². The molecule has 23 heavy (non-hydrogen) atoms. The molecule has 3 rings (SSSR count). The number of rotatable bonds is 2. The van der Waals surface area contributed by atoms with E-state index in [9.17, 15) is 9.59 Å². The molecule has 1 fully saturated rings. The van der Waals surface area contributed by atoms with Gasteiger partial charge in [-0.25, -0.2) is 14.7 Å². The van der Waals surface area contributed by atoms with E-state index in [-0.39, 0.29) is 31.2 Å². The quantitative estimate of drug-likeness (QED) is 0.771. The third-order valence-corrected chi connectivity index (χ3v) is 4.32. The molecule has 2 aliphatic rings. The van der Waals surface area contributed by atoms with Gasteiger partial charge in [0.25, 0.3) is 0 Å². The monoisotopic (exact) mass is 318 g/mol. The van der Waals surface area contributed by atoms with Crippen molar-refractivity contribution in [1.82, 2.24) is 10.3 Å². The Morgan fingerprint density at radius 2 is 2.13 bits per heavy atom. The van der Waals surface area contributed by atoms with Crippen molar-refractivity contribution in [3.05, 3.63) is 12.3 Å². The second-order valence-corrected chi connectivity index (χ2v) is 5.85. The third kappa shape index (κ3) is 2.49. The fourth-order valence-electron chi connectivity index (χ4n) is 2.65. The van der Waals surface area contributed by atoms with Crippen molar-refractivity contribution < 1.29 is 11.0 Å². The van der Waals surface area contributed by atoms with Crippen molar-refractivity contribution in [3.63, 3.8) is 0 Å². The first kappa shape index (κ1) is 15.3. The molecule has 3 amide bonds. The van der Waals surface area contributed by atoms with E-state index in [2.05, 4.69) is 15.6 Å². The van der Waals surface area contributed by atoms with Crippen LogP contribution in [-0.4, -0.2) is 42.9 Å².